The van der Waals surface area contributed by atoms with Crippen LogP contribution in [0.2, 0.25) is 0 Å². The normalized spacial score (nSPS) is 10.7. The molecule has 0 aliphatic heterocycles. The maximum absolute atomic E-state index is 5.01. The van der Waals surface area contributed by atoms with Gasteiger partial charge in [-0.25, -0.2) is 4.98 Å². The number of nitrogens with zero attached hydrogens (tertiary/aromatic N) is 3. The molecule has 0 fully saturated rings. The van der Waals surface area contributed by atoms with Crippen LogP contribution in [-0.4, -0.2) is 15.0 Å². The quantitative estimate of drug-likeness (QED) is 0.773. The molecule has 19 heavy (non-hydrogen) atoms. The molecule has 1 N–H and O–H groups in total. The molecule has 3 heterocycles. The zero-order valence-electron chi connectivity index (χ0n) is 10.1. The Hall–Kier alpha value is -2.05. The molecule has 0 unspecified atom stereocenters. The highest BCUT2D eigenvalue weighted by molar-refractivity contribution is 7.13. The first-order valence-corrected chi connectivity index (χ1v) is 6.72. The maximum atomic E-state index is 5.01. The highest BCUT2D eigenvalue weighted by Crippen LogP contribution is 2.20. The van der Waals surface area contributed by atoms with Crippen molar-refractivity contribution in [3.05, 3.63) is 53.8 Å². The van der Waals surface area contributed by atoms with Crippen LogP contribution < -0.4 is 5.32 Å². The maximum Gasteiger partial charge on any atom is 0.143 e. The highest BCUT2D eigenvalue weighted by atomic mass is 32.1. The van der Waals surface area contributed by atoms with Gasteiger partial charge in [0.15, 0.2) is 0 Å². The van der Waals surface area contributed by atoms with E-state index in [0.29, 0.717) is 0 Å². The van der Waals surface area contributed by atoms with Crippen LogP contribution in [0.4, 0.5) is 0 Å². The van der Waals surface area contributed by atoms with Crippen molar-refractivity contribution in [3.63, 3.8) is 0 Å². The lowest BCUT2D eigenvalue weighted by Crippen LogP contribution is -2.12. The van der Waals surface area contributed by atoms with Gasteiger partial charge in [0.1, 0.15) is 10.7 Å². The standard InChI is InChI=1S/C13H12N4OS/c1-4-18-8-10(1)5-15-6-11-9-19-13(17-11)12-7-14-2-3-16-12/h1-4,7-9,15H,5-6H2. The number of nitrogens with one attached hydrogen (secondary N) is 1. The van der Waals surface area contributed by atoms with Crippen LogP contribution in [0.3, 0.4) is 0 Å². The molecule has 0 aliphatic rings. The topological polar surface area (TPSA) is 63.8 Å². The van der Waals surface area contributed by atoms with E-state index in [0.717, 1.165) is 35.0 Å². The summed E-state index contributed by atoms with van der Waals surface area (Å²) in [6, 6.07) is 1.94. The second kappa shape index (κ2) is 5.73. The van der Waals surface area contributed by atoms with E-state index in [9.17, 15) is 0 Å². The van der Waals surface area contributed by atoms with E-state index in [-0.39, 0.29) is 0 Å². The first-order valence-electron chi connectivity index (χ1n) is 5.84. The molecular formula is C13H12N4OS. The molecule has 3 rings (SSSR count). The van der Waals surface area contributed by atoms with Crippen molar-refractivity contribution in [2.75, 3.05) is 0 Å². The van der Waals surface area contributed by atoms with Crippen molar-refractivity contribution in [1.29, 1.82) is 0 Å². The Balaban J connectivity index is 1.59. The zero-order chi connectivity index (χ0) is 12.9. The monoisotopic (exact) mass is 272 g/mol. The summed E-state index contributed by atoms with van der Waals surface area (Å²) in [7, 11) is 0. The molecule has 6 heteroatoms. The van der Waals surface area contributed by atoms with Crippen molar-refractivity contribution in [2.45, 2.75) is 13.1 Å². The van der Waals surface area contributed by atoms with Gasteiger partial charge in [-0.05, 0) is 6.07 Å². The third-order valence-electron chi connectivity index (χ3n) is 2.55. The van der Waals surface area contributed by atoms with E-state index in [1.807, 2.05) is 11.4 Å². The van der Waals surface area contributed by atoms with Gasteiger partial charge in [0.05, 0.1) is 24.4 Å². The Labute approximate surface area is 114 Å². The summed E-state index contributed by atoms with van der Waals surface area (Å²) in [6.07, 6.45) is 8.46. The average molecular weight is 272 g/mol. The lowest BCUT2D eigenvalue weighted by Gasteiger charge is -1.99. The van der Waals surface area contributed by atoms with Crippen molar-refractivity contribution in [1.82, 2.24) is 20.3 Å². The van der Waals surface area contributed by atoms with Gasteiger partial charge in [0.25, 0.3) is 0 Å². The molecule has 3 aromatic rings. The highest BCUT2D eigenvalue weighted by Gasteiger charge is 2.05. The van der Waals surface area contributed by atoms with Crippen LogP contribution in [0.5, 0.6) is 0 Å². The molecule has 96 valence electrons. The Morgan fingerprint density at radius 2 is 2.26 bits per heavy atom. The van der Waals surface area contributed by atoms with Gasteiger partial charge in [-0.1, -0.05) is 0 Å². The summed E-state index contributed by atoms with van der Waals surface area (Å²) >= 11 is 1.58. The second-order valence-electron chi connectivity index (χ2n) is 3.97. The third-order valence-corrected chi connectivity index (χ3v) is 3.46. The number of furan rings is 1. The van der Waals surface area contributed by atoms with Crippen LogP contribution in [0.1, 0.15) is 11.3 Å². The third kappa shape index (κ3) is 3.04. The van der Waals surface area contributed by atoms with Crippen LogP contribution in [0.25, 0.3) is 10.7 Å². The smallest absolute Gasteiger partial charge is 0.143 e. The van der Waals surface area contributed by atoms with E-state index < -0.39 is 0 Å². The Morgan fingerprint density at radius 3 is 3.05 bits per heavy atom. The molecule has 0 atom stereocenters. The summed E-state index contributed by atoms with van der Waals surface area (Å²) in [5, 5.41) is 6.25. The van der Waals surface area contributed by atoms with Crippen LogP contribution >= 0.6 is 11.3 Å². The lowest BCUT2D eigenvalue weighted by molar-refractivity contribution is 0.560. The van der Waals surface area contributed by atoms with Gasteiger partial charge in [-0.3, -0.25) is 9.97 Å². The van der Waals surface area contributed by atoms with Crippen LogP contribution in [0, 0.1) is 0 Å². The van der Waals surface area contributed by atoms with Gasteiger partial charge in [0.2, 0.25) is 0 Å². The predicted octanol–water partition coefficient (Wildman–Crippen LogP) is 2.48. The molecule has 0 bridgehead atoms. The van der Waals surface area contributed by atoms with Gasteiger partial charge >= 0.3 is 0 Å². The molecule has 0 saturated carbocycles. The fraction of sp³-hybridized carbons (Fsp3) is 0.154. The molecule has 0 radical (unpaired) electrons. The lowest BCUT2D eigenvalue weighted by atomic mass is 10.3. The minimum absolute atomic E-state index is 0.724. The van der Waals surface area contributed by atoms with Crippen LogP contribution in [0.15, 0.2) is 47.0 Å². The van der Waals surface area contributed by atoms with Gasteiger partial charge < -0.3 is 9.73 Å². The minimum atomic E-state index is 0.724. The number of thiazole rings is 1. The van der Waals surface area contributed by atoms with Crippen molar-refractivity contribution < 1.29 is 4.42 Å². The van der Waals surface area contributed by atoms with Crippen molar-refractivity contribution >= 4 is 11.3 Å². The van der Waals surface area contributed by atoms with Crippen molar-refractivity contribution in [2.24, 2.45) is 0 Å². The van der Waals surface area contributed by atoms with Crippen molar-refractivity contribution in [3.8, 4) is 10.7 Å². The SMILES string of the molecule is c1cnc(-c2nc(CNCc3ccoc3)cs2)cn1. The van der Waals surface area contributed by atoms with E-state index in [4.69, 9.17) is 4.42 Å². The first kappa shape index (κ1) is 12.0. The fourth-order valence-electron chi connectivity index (χ4n) is 1.64. The van der Waals surface area contributed by atoms with E-state index in [1.54, 1.807) is 42.5 Å². The number of hydrogen-bond acceptors (Lipinski definition) is 6. The molecular weight excluding hydrogens is 260 g/mol. The van der Waals surface area contributed by atoms with E-state index in [2.05, 4.69) is 20.3 Å². The van der Waals surface area contributed by atoms with Crippen LogP contribution in [-0.2, 0) is 13.1 Å². The van der Waals surface area contributed by atoms with E-state index >= 15 is 0 Å². The molecule has 0 spiro atoms. The molecule has 0 aromatic carbocycles. The zero-order valence-corrected chi connectivity index (χ0v) is 10.9. The molecule has 0 amide bonds. The molecule has 3 aromatic heterocycles. The molecule has 0 saturated heterocycles. The number of aromatic nitrogens is 3. The summed E-state index contributed by atoms with van der Waals surface area (Å²) in [6.45, 7) is 1.50. The summed E-state index contributed by atoms with van der Waals surface area (Å²) in [5.41, 5.74) is 2.95. The summed E-state index contributed by atoms with van der Waals surface area (Å²) in [4.78, 5) is 12.8. The summed E-state index contributed by atoms with van der Waals surface area (Å²) < 4.78 is 5.01. The van der Waals surface area contributed by atoms with E-state index in [1.165, 1.54) is 0 Å². The predicted molar refractivity (Wildman–Crippen MR) is 72.4 cm³/mol. The minimum Gasteiger partial charge on any atom is -0.472 e. The van der Waals surface area contributed by atoms with Gasteiger partial charge in [0, 0.05) is 36.4 Å². The largest absolute Gasteiger partial charge is 0.472 e. The number of hydrogen-bond donors (Lipinski definition) is 1. The second-order valence-corrected chi connectivity index (χ2v) is 4.83. The Bertz CT molecular complexity index is 621. The van der Waals surface area contributed by atoms with Gasteiger partial charge in [-0.2, -0.15) is 0 Å². The fourth-order valence-corrected chi connectivity index (χ4v) is 2.42. The summed E-state index contributed by atoms with van der Waals surface area (Å²) in [5.74, 6) is 0. The molecule has 0 aliphatic carbocycles. The first-order chi connectivity index (χ1) is 9.42. The average Bonchev–Trinajstić information content (AvgIpc) is 3.11. The Morgan fingerprint density at radius 1 is 1.26 bits per heavy atom. The molecule has 5 nitrogen and oxygen atoms in total. The number of rotatable bonds is 5. The van der Waals surface area contributed by atoms with Gasteiger partial charge in [-0.15, -0.1) is 11.3 Å². The Kier molecular flexibility index (Phi) is 3.62.